The maximum Gasteiger partial charge on any atom is 0.244 e. The summed E-state index contributed by atoms with van der Waals surface area (Å²) in [5.74, 6) is 0. The van der Waals surface area contributed by atoms with Gasteiger partial charge >= 0.3 is 0 Å². The Balaban J connectivity index is 2.42. The summed E-state index contributed by atoms with van der Waals surface area (Å²) in [6, 6.07) is 2.90. The van der Waals surface area contributed by atoms with Gasteiger partial charge in [-0.3, -0.25) is 0 Å². The Labute approximate surface area is 138 Å². The fraction of sp³-hybridized carbons (Fsp3) is 0.538. The van der Waals surface area contributed by atoms with E-state index in [1.54, 1.807) is 0 Å². The molecule has 0 saturated heterocycles. The third-order valence-electron chi connectivity index (χ3n) is 3.64. The van der Waals surface area contributed by atoms with Crippen LogP contribution in [0.1, 0.15) is 25.7 Å². The molecule has 118 valence electrons. The standard InChI is InChI=1S/C13H18BrClN2O3S/c14-13-11(16)7-9(15)8-12(13)21(19,20)17(5-2-6-18)10-3-1-4-10/h7-8,10,18H,1-6,16H2. The average molecular weight is 398 g/mol. The summed E-state index contributed by atoms with van der Waals surface area (Å²) in [4.78, 5) is 0.0809. The molecular formula is C13H18BrClN2O3S. The van der Waals surface area contributed by atoms with Crippen molar-refractivity contribution in [1.29, 1.82) is 0 Å². The zero-order chi connectivity index (χ0) is 15.6. The number of aliphatic hydroxyl groups is 1. The molecule has 0 amide bonds. The van der Waals surface area contributed by atoms with Gasteiger partial charge in [-0.05, 0) is 47.3 Å². The van der Waals surface area contributed by atoms with Gasteiger partial charge in [0.1, 0.15) is 0 Å². The number of benzene rings is 1. The predicted molar refractivity (Wildman–Crippen MR) is 86.8 cm³/mol. The fourth-order valence-electron chi connectivity index (χ4n) is 2.30. The molecule has 5 nitrogen and oxygen atoms in total. The van der Waals surface area contributed by atoms with Crippen molar-refractivity contribution in [3.63, 3.8) is 0 Å². The van der Waals surface area contributed by atoms with E-state index in [-0.39, 0.29) is 28.3 Å². The van der Waals surface area contributed by atoms with Crippen LogP contribution in [0, 0.1) is 0 Å². The fourth-order valence-corrected chi connectivity index (χ4v) is 5.28. The molecule has 8 heteroatoms. The lowest BCUT2D eigenvalue weighted by molar-refractivity contribution is 0.198. The number of halogens is 2. The highest BCUT2D eigenvalue weighted by molar-refractivity contribution is 9.10. The zero-order valence-corrected chi connectivity index (χ0v) is 14.6. The van der Waals surface area contributed by atoms with Gasteiger partial charge in [-0.2, -0.15) is 4.31 Å². The number of sulfonamides is 1. The molecule has 0 bridgehead atoms. The first kappa shape index (κ1) is 17.0. The molecule has 0 aliphatic heterocycles. The minimum atomic E-state index is -3.70. The molecule has 1 saturated carbocycles. The molecule has 21 heavy (non-hydrogen) atoms. The van der Waals surface area contributed by atoms with E-state index in [1.165, 1.54) is 16.4 Å². The number of nitrogen functional groups attached to an aromatic ring is 1. The van der Waals surface area contributed by atoms with Crippen LogP contribution < -0.4 is 5.73 Å². The van der Waals surface area contributed by atoms with E-state index < -0.39 is 10.0 Å². The van der Waals surface area contributed by atoms with Crippen LogP contribution in [0.3, 0.4) is 0 Å². The third-order valence-corrected chi connectivity index (χ3v) is 6.98. The van der Waals surface area contributed by atoms with Crippen LogP contribution in [0.5, 0.6) is 0 Å². The number of aliphatic hydroxyl groups excluding tert-OH is 1. The largest absolute Gasteiger partial charge is 0.398 e. The van der Waals surface area contributed by atoms with Crippen molar-refractivity contribution >= 4 is 43.2 Å². The Hall–Kier alpha value is -0.340. The monoisotopic (exact) mass is 396 g/mol. The van der Waals surface area contributed by atoms with Crippen molar-refractivity contribution in [3.8, 4) is 0 Å². The number of hydrogen-bond acceptors (Lipinski definition) is 4. The topological polar surface area (TPSA) is 83.6 Å². The molecule has 0 spiro atoms. The highest BCUT2D eigenvalue weighted by Gasteiger charge is 2.35. The molecular weight excluding hydrogens is 380 g/mol. The molecule has 0 unspecified atom stereocenters. The average Bonchev–Trinajstić information content (AvgIpc) is 2.36. The Morgan fingerprint density at radius 1 is 1.43 bits per heavy atom. The van der Waals surface area contributed by atoms with Crippen LogP contribution in [0.15, 0.2) is 21.5 Å². The number of nitrogens with zero attached hydrogens (tertiary/aromatic N) is 1. The number of anilines is 1. The van der Waals surface area contributed by atoms with E-state index in [2.05, 4.69) is 15.9 Å². The molecule has 1 aromatic rings. The van der Waals surface area contributed by atoms with Crippen LogP contribution in [0.25, 0.3) is 0 Å². The smallest absolute Gasteiger partial charge is 0.244 e. The van der Waals surface area contributed by atoms with Crippen molar-refractivity contribution in [2.45, 2.75) is 36.6 Å². The highest BCUT2D eigenvalue weighted by atomic mass is 79.9. The minimum absolute atomic E-state index is 0.00587. The van der Waals surface area contributed by atoms with Crippen LogP contribution in [0.4, 0.5) is 5.69 Å². The molecule has 0 radical (unpaired) electrons. The highest BCUT2D eigenvalue weighted by Crippen LogP contribution is 2.36. The maximum atomic E-state index is 12.9. The van der Waals surface area contributed by atoms with Crippen molar-refractivity contribution in [2.24, 2.45) is 0 Å². The van der Waals surface area contributed by atoms with Gasteiger partial charge in [-0.1, -0.05) is 18.0 Å². The van der Waals surface area contributed by atoms with Crippen LogP contribution >= 0.6 is 27.5 Å². The Kier molecular flexibility index (Phi) is 5.54. The van der Waals surface area contributed by atoms with E-state index in [4.69, 9.17) is 22.4 Å². The van der Waals surface area contributed by atoms with Crippen LogP contribution in [0.2, 0.25) is 5.02 Å². The van der Waals surface area contributed by atoms with Gasteiger partial charge in [0.05, 0.1) is 9.37 Å². The first-order valence-corrected chi connectivity index (χ1v) is 9.36. The first-order chi connectivity index (χ1) is 9.87. The van der Waals surface area contributed by atoms with Gasteiger partial charge < -0.3 is 10.8 Å². The SMILES string of the molecule is Nc1cc(Cl)cc(S(=O)(=O)N(CCCO)C2CCC2)c1Br. The molecule has 3 N–H and O–H groups in total. The summed E-state index contributed by atoms with van der Waals surface area (Å²) in [6.45, 7) is 0.250. The molecule has 0 aromatic heterocycles. The summed E-state index contributed by atoms with van der Waals surface area (Å²) in [5.41, 5.74) is 6.08. The molecule has 2 rings (SSSR count). The Bertz CT molecular complexity index is 620. The van der Waals surface area contributed by atoms with Gasteiger partial charge in [-0.25, -0.2) is 8.42 Å². The molecule has 1 aliphatic rings. The second-order valence-corrected chi connectivity index (χ2v) is 8.17. The van der Waals surface area contributed by atoms with Crippen molar-refractivity contribution < 1.29 is 13.5 Å². The molecule has 1 aromatic carbocycles. The number of nitrogens with two attached hydrogens (primary N) is 1. The number of rotatable bonds is 6. The summed E-state index contributed by atoms with van der Waals surface area (Å²) in [5, 5.41) is 9.28. The van der Waals surface area contributed by atoms with E-state index in [9.17, 15) is 8.42 Å². The lowest BCUT2D eigenvalue weighted by Gasteiger charge is -2.36. The zero-order valence-electron chi connectivity index (χ0n) is 11.4. The van der Waals surface area contributed by atoms with Gasteiger partial charge in [-0.15, -0.1) is 0 Å². The van der Waals surface area contributed by atoms with Gasteiger partial charge in [0.2, 0.25) is 10.0 Å². The summed E-state index contributed by atoms with van der Waals surface area (Å²) in [6.07, 6.45) is 3.12. The normalized spacial score (nSPS) is 16.2. The lowest BCUT2D eigenvalue weighted by atomic mass is 9.93. The van der Waals surface area contributed by atoms with Gasteiger partial charge in [0.15, 0.2) is 0 Å². The Morgan fingerprint density at radius 3 is 2.62 bits per heavy atom. The number of hydrogen-bond donors (Lipinski definition) is 2. The lowest BCUT2D eigenvalue weighted by Crippen LogP contribution is -2.45. The van der Waals surface area contributed by atoms with Crippen molar-refractivity contribution in [3.05, 3.63) is 21.6 Å². The quantitative estimate of drug-likeness (QED) is 0.723. The first-order valence-electron chi connectivity index (χ1n) is 6.75. The minimum Gasteiger partial charge on any atom is -0.398 e. The van der Waals surface area contributed by atoms with Gasteiger partial charge in [0, 0.05) is 29.9 Å². The molecule has 0 atom stereocenters. The second-order valence-electron chi connectivity index (χ2n) is 5.08. The van der Waals surface area contributed by atoms with E-state index in [1.807, 2.05) is 0 Å². The summed E-state index contributed by atoms with van der Waals surface area (Å²) < 4.78 is 27.6. The van der Waals surface area contributed by atoms with Crippen molar-refractivity contribution in [2.75, 3.05) is 18.9 Å². The van der Waals surface area contributed by atoms with Crippen molar-refractivity contribution in [1.82, 2.24) is 4.31 Å². The molecule has 1 aliphatic carbocycles. The maximum absolute atomic E-state index is 12.9. The van der Waals surface area contributed by atoms with Crippen LogP contribution in [-0.4, -0.2) is 37.0 Å². The third kappa shape index (κ3) is 3.53. The summed E-state index contributed by atoms with van der Waals surface area (Å²) in [7, 11) is -3.70. The van der Waals surface area contributed by atoms with Gasteiger partial charge in [0.25, 0.3) is 0 Å². The predicted octanol–water partition coefficient (Wildman–Crippen LogP) is 2.61. The summed E-state index contributed by atoms with van der Waals surface area (Å²) >= 11 is 9.18. The van der Waals surface area contributed by atoms with E-state index >= 15 is 0 Å². The van der Waals surface area contributed by atoms with E-state index in [0.29, 0.717) is 17.4 Å². The molecule has 1 fully saturated rings. The van der Waals surface area contributed by atoms with E-state index in [0.717, 1.165) is 19.3 Å². The second kappa shape index (κ2) is 6.83. The van der Waals surface area contributed by atoms with Crippen LogP contribution in [-0.2, 0) is 10.0 Å². The Morgan fingerprint density at radius 2 is 2.10 bits per heavy atom. The molecule has 0 heterocycles.